The van der Waals surface area contributed by atoms with Gasteiger partial charge in [-0.05, 0) is 31.4 Å². The molecular formula is C12H16F2N2O2. The van der Waals surface area contributed by atoms with Crippen LogP contribution in [0.4, 0.5) is 8.78 Å². The van der Waals surface area contributed by atoms with Crippen LogP contribution in [-0.2, 0) is 4.79 Å². The standard InChI is InChI=1S/C12H16F2N2O2/c13-9-5-4-6-10(14)12(9)18-8-3-1-2-7-11(17)16-15/h4-6H,1-3,7-8,15H2,(H,16,17). The van der Waals surface area contributed by atoms with E-state index in [1.807, 2.05) is 5.43 Å². The monoisotopic (exact) mass is 258 g/mol. The predicted molar refractivity (Wildman–Crippen MR) is 62.7 cm³/mol. The lowest BCUT2D eigenvalue weighted by molar-refractivity contribution is -0.121. The lowest BCUT2D eigenvalue weighted by Gasteiger charge is -2.07. The van der Waals surface area contributed by atoms with Crippen LogP contribution in [-0.4, -0.2) is 12.5 Å². The highest BCUT2D eigenvalue weighted by Crippen LogP contribution is 2.21. The fourth-order valence-electron chi connectivity index (χ4n) is 1.43. The van der Waals surface area contributed by atoms with E-state index in [9.17, 15) is 13.6 Å². The molecule has 0 aliphatic heterocycles. The number of ether oxygens (including phenoxy) is 1. The Bertz CT molecular complexity index is 379. The van der Waals surface area contributed by atoms with Gasteiger partial charge in [-0.1, -0.05) is 6.07 Å². The Morgan fingerprint density at radius 2 is 1.89 bits per heavy atom. The van der Waals surface area contributed by atoms with Gasteiger partial charge in [0.15, 0.2) is 17.4 Å². The van der Waals surface area contributed by atoms with Crippen molar-refractivity contribution in [1.29, 1.82) is 0 Å². The zero-order valence-electron chi connectivity index (χ0n) is 9.92. The number of rotatable bonds is 7. The van der Waals surface area contributed by atoms with Crippen LogP contribution in [0.3, 0.4) is 0 Å². The number of hydrogen-bond donors (Lipinski definition) is 2. The van der Waals surface area contributed by atoms with E-state index in [1.54, 1.807) is 0 Å². The summed E-state index contributed by atoms with van der Waals surface area (Å²) in [5.74, 6) is 2.92. The molecule has 0 fully saturated rings. The summed E-state index contributed by atoms with van der Waals surface area (Å²) in [6.07, 6.45) is 2.34. The van der Waals surface area contributed by atoms with E-state index in [2.05, 4.69) is 0 Å². The number of carbonyl (C=O) groups is 1. The Balaban J connectivity index is 2.20. The SMILES string of the molecule is NNC(=O)CCCCCOc1c(F)cccc1F. The second-order valence-electron chi connectivity index (χ2n) is 3.78. The topological polar surface area (TPSA) is 64.3 Å². The fraction of sp³-hybridized carbons (Fsp3) is 0.417. The van der Waals surface area contributed by atoms with Crippen molar-refractivity contribution in [3.63, 3.8) is 0 Å². The van der Waals surface area contributed by atoms with Crippen LogP contribution >= 0.6 is 0 Å². The van der Waals surface area contributed by atoms with Gasteiger partial charge in [0.25, 0.3) is 0 Å². The van der Waals surface area contributed by atoms with Gasteiger partial charge in [-0.15, -0.1) is 0 Å². The third-order valence-electron chi connectivity index (χ3n) is 2.37. The van der Waals surface area contributed by atoms with E-state index in [0.29, 0.717) is 19.3 Å². The summed E-state index contributed by atoms with van der Waals surface area (Å²) in [4.78, 5) is 10.8. The van der Waals surface area contributed by atoms with Gasteiger partial charge in [0.1, 0.15) is 0 Å². The van der Waals surface area contributed by atoms with E-state index < -0.39 is 11.6 Å². The Labute approximate surface area is 104 Å². The fourth-order valence-corrected chi connectivity index (χ4v) is 1.43. The van der Waals surface area contributed by atoms with Crippen LogP contribution < -0.4 is 16.0 Å². The van der Waals surface area contributed by atoms with Gasteiger partial charge in [0.2, 0.25) is 5.91 Å². The third-order valence-corrected chi connectivity index (χ3v) is 2.37. The van der Waals surface area contributed by atoms with E-state index in [4.69, 9.17) is 10.6 Å². The molecule has 1 aromatic rings. The Morgan fingerprint density at radius 3 is 2.50 bits per heavy atom. The Morgan fingerprint density at radius 1 is 1.22 bits per heavy atom. The minimum atomic E-state index is -0.711. The number of halogens is 2. The maximum atomic E-state index is 13.1. The second-order valence-corrected chi connectivity index (χ2v) is 3.78. The molecule has 0 radical (unpaired) electrons. The molecule has 0 atom stereocenters. The molecule has 4 nitrogen and oxygen atoms in total. The molecule has 6 heteroatoms. The quantitative estimate of drug-likeness (QED) is 0.340. The zero-order chi connectivity index (χ0) is 13.4. The van der Waals surface area contributed by atoms with Crippen molar-refractivity contribution >= 4 is 5.91 Å². The van der Waals surface area contributed by atoms with Crippen molar-refractivity contribution in [3.05, 3.63) is 29.8 Å². The molecule has 1 aromatic carbocycles. The van der Waals surface area contributed by atoms with Gasteiger partial charge in [0, 0.05) is 6.42 Å². The van der Waals surface area contributed by atoms with Crippen molar-refractivity contribution in [2.24, 2.45) is 5.84 Å². The first-order chi connectivity index (χ1) is 8.65. The van der Waals surface area contributed by atoms with Crippen LogP contribution in [0.15, 0.2) is 18.2 Å². The van der Waals surface area contributed by atoms with Crippen LogP contribution in [0, 0.1) is 11.6 Å². The van der Waals surface area contributed by atoms with Crippen LogP contribution in [0.1, 0.15) is 25.7 Å². The van der Waals surface area contributed by atoms with Gasteiger partial charge >= 0.3 is 0 Å². The maximum Gasteiger partial charge on any atom is 0.233 e. The average Bonchev–Trinajstić information content (AvgIpc) is 2.36. The van der Waals surface area contributed by atoms with Crippen LogP contribution in [0.5, 0.6) is 5.75 Å². The summed E-state index contributed by atoms with van der Waals surface area (Å²) in [5, 5.41) is 0. The minimum absolute atomic E-state index is 0.210. The molecular weight excluding hydrogens is 242 g/mol. The Hall–Kier alpha value is -1.69. The summed E-state index contributed by atoms with van der Waals surface area (Å²) >= 11 is 0. The molecule has 0 aliphatic rings. The first kappa shape index (κ1) is 14.4. The van der Waals surface area contributed by atoms with Crippen LogP contribution in [0.2, 0.25) is 0 Å². The van der Waals surface area contributed by atoms with Crippen molar-refractivity contribution in [3.8, 4) is 5.75 Å². The number of nitrogens with one attached hydrogen (secondary N) is 1. The van der Waals surface area contributed by atoms with Gasteiger partial charge in [-0.25, -0.2) is 14.6 Å². The molecule has 100 valence electrons. The van der Waals surface area contributed by atoms with E-state index in [-0.39, 0.29) is 18.3 Å². The normalized spacial score (nSPS) is 10.2. The number of carbonyl (C=O) groups excluding carboxylic acids is 1. The number of amides is 1. The summed E-state index contributed by atoms with van der Waals surface area (Å²) in [7, 11) is 0. The Kier molecular flexibility index (Phi) is 6.07. The van der Waals surface area contributed by atoms with Gasteiger partial charge in [-0.3, -0.25) is 10.2 Å². The number of nitrogens with two attached hydrogens (primary N) is 1. The van der Waals surface area contributed by atoms with Gasteiger partial charge < -0.3 is 4.74 Å². The molecule has 0 bridgehead atoms. The third kappa shape index (κ3) is 4.67. The molecule has 0 heterocycles. The zero-order valence-corrected chi connectivity index (χ0v) is 9.92. The molecule has 0 saturated heterocycles. The molecule has 0 spiro atoms. The first-order valence-electron chi connectivity index (χ1n) is 5.71. The lowest BCUT2D eigenvalue weighted by Crippen LogP contribution is -2.29. The molecule has 0 aromatic heterocycles. The molecule has 0 unspecified atom stereocenters. The van der Waals surface area contributed by atoms with Crippen molar-refractivity contribution < 1.29 is 18.3 Å². The molecule has 18 heavy (non-hydrogen) atoms. The number of benzene rings is 1. The lowest BCUT2D eigenvalue weighted by atomic mass is 10.2. The molecule has 3 N–H and O–H groups in total. The summed E-state index contributed by atoms with van der Waals surface area (Å²) in [5.41, 5.74) is 2.03. The second kappa shape index (κ2) is 7.60. The predicted octanol–water partition coefficient (Wildman–Crippen LogP) is 1.89. The summed E-state index contributed by atoms with van der Waals surface area (Å²) in [6.45, 7) is 0.210. The maximum absolute atomic E-state index is 13.1. The van der Waals surface area contributed by atoms with Crippen molar-refractivity contribution in [2.75, 3.05) is 6.61 Å². The number of hydrazine groups is 1. The highest BCUT2D eigenvalue weighted by atomic mass is 19.1. The number of hydrogen-bond acceptors (Lipinski definition) is 3. The van der Waals surface area contributed by atoms with Gasteiger partial charge in [0.05, 0.1) is 6.61 Å². The molecule has 1 rings (SSSR count). The number of para-hydroxylation sites is 1. The van der Waals surface area contributed by atoms with Crippen molar-refractivity contribution in [2.45, 2.75) is 25.7 Å². The summed E-state index contributed by atoms with van der Waals surface area (Å²) in [6, 6.07) is 3.57. The van der Waals surface area contributed by atoms with E-state index >= 15 is 0 Å². The molecule has 1 amide bonds. The molecule has 0 aliphatic carbocycles. The van der Waals surface area contributed by atoms with Gasteiger partial charge in [-0.2, -0.15) is 0 Å². The highest BCUT2D eigenvalue weighted by Gasteiger charge is 2.08. The minimum Gasteiger partial charge on any atom is -0.488 e. The molecule has 0 saturated carbocycles. The smallest absolute Gasteiger partial charge is 0.233 e. The summed E-state index contributed by atoms with van der Waals surface area (Å²) < 4.78 is 31.3. The average molecular weight is 258 g/mol. The van der Waals surface area contributed by atoms with E-state index in [1.165, 1.54) is 6.07 Å². The highest BCUT2D eigenvalue weighted by molar-refractivity contribution is 5.74. The largest absolute Gasteiger partial charge is 0.488 e. The van der Waals surface area contributed by atoms with Crippen molar-refractivity contribution in [1.82, 2.24) is 5.43 Å². The first-order valence-corrected chi connectivity index (χ1v) is 5.71. The van der Waals surface area contributed by atoms with E-state index in [0.717, 1.165) is 18.6 Å². The number of unbranched alkanes of at least 4 members (excludes halogenated alkanes) is 2. The van der Waals surface area contributed by atoms with Crippen LogP contribution in [0.25, 0.3) is 0 Å².